The van der Waals surface area contributed by atoms with E-state index in [9.17, 15) is 4.79 Å². The molecule has 6 heteroatoms. The van der Waals surface area contributed by atoms with Crippen LogP contribution in [0.3, 0.4) is 0 Å². The molecule has 1 aromatic rings. The van der Waals surface area contributed by atoms with Gasteiger partial charge in [0.2, 0.25) is 5.91 Å². The zero-order valence-corrected chi connectivity index (χ0v) is 13.9. The van der Waals surface area contributed by atoms with Crippen LogP contribution in [0.25, 0.3) is 0 Å². The Hall–Kier alpha value is -1.30. The van der Waals surface area contributed by atoms with Crippen molar-refractivity contribution in [2.45, 2.75) is 44.9 Å². The SMILES string of the molecule is CC(C)Oc1ccccc1CNC(=O)C1(N)CCOCC1.Cl. The van der Waals surface area contributed by atoms with E-state index in [0.29, 0.717) is 32.6 Å². The van der Waals surface area contributed by atoms with Gasteiger partial charge in [0, 0.05) is 25.3 Å². The van der Waals surface area contributed by atoms with Crippen molar-refractivity contribution in [1.29, 1.82) is 0 Å². The quantitative estimate of drug-likeness (QED) is 0.867. The summed E-state index contributed by atoms with van der Waals surface area (Å²) in [5, 5.41) is 2.92. The number of nitrogens with two attached hydrogens (primary N) is 1. The molecule has 0 saturated carbocycles. The lowest BCUT2D eigenvalue weighted by Gasteiger charge is -2.31. The lowest BCUT2D eigenvalue weighted by molar-refractivity contribution is -0.129. The summed E-state index contributed by atoms with van der Waals surface area (Å²) in [6, 6.07) is 7.71. The van der Waals surface area contributed by atoms with E-state index < -0.39 is 5.54 Å². The molecule has 0 bridgehead atoms. The largest absolute Gasteiger partial charge is 0.491 e. The first kappa shape index (κ1) is 18.7. The van der Waals surface area contributed by atoms with Crippen molar-refractivity contribution in [1.82, 2.24) is 5.32 Å². The molecule has 1 aliphatic rings. The molecule has 0 unspecified atom stereocenters. The van der Waals surface area contributed by atoms with Gasteiger partial charge in [-0.25, -0.2) is 0 Å². The van der Waals surface area contributed by atoms with E-state index >= 15 is 0 Å². The molecule has 2 rings (SSSR count). The fourth-order valence-electron chi connectivity index (χ4n) is 2.33. The first-order valence-corrected chi connectivity index (χ1v) is 7.41. The number of hydrogen-bond donors (Lipinski definition) is 2. The van der Waals surface area contributed by atoms with Crippen molar-refractivity contribution in [2.24, 2.45) is 5.73 Å². The Morgan fingerprint density at radius 2 is 2.00 bits per heavy atom. The summed E-state index contributed by atoms with van der Waals surface area (Å²) in [5.41, 5.74) is 6.30. The van der Waals surface area contributed by atoms with Crippen molar-refractivity contribution in [3.63, 3.8) is 0 Å². The summed E-state index contributed by atoms with van der Waals surface area (Å²) in [7, 11) is 0. The number of para-hydroxylation sites is 1. The van der Waals surface area contributed by atoms with Crippen LogP contribution >= 0.6 is 12.4 Å². The number of benzene rings is 1. The maximum absolute atomic E-state index is 12.3. The average Bonchev–Trinajstić information content (AvgIpc) is 2.46. The van der Waals surface area contributed by atoms with Gasteiger partial charge in [-0.2, -0.15) is 0 Å². The zero-order valence-electron chi connectivity index (χ0n) is 13.1. The minimum Gasteiger partial charge on any atom is -0.491 e. The van der Waals surface area contributed by atoms with Crippen LogP contribution in [0.15, 0.2) is 24.3 Å². The van der Waals surface area contributed by atoms with Gasteiger partial charge >= 0.3 is 0 Å². The Morgan fingerprint density at radius 1 is 1.36 bits per heavy atom. The van der Waals surface area contributed by atoms with Gasteiger partial charge in [-0.15, -0.1) is 12.4 Å². The third kappa shape index (κ3) is 4.87. The van der Waals surface area contributed by atoms with Crippen LogP contribution in [0.4, 0.5) is 0 Å². The van der Waals surface area contributed by atoms with E-state index in [4.69, 9.17) is 15.2 Å². The molecule has 0 aliphatic carbocycles. The zero-order chi connectivity index (χ0) is 15.3. The fourth-order valence-corrected chi connectivity index (χ4v) is 2.33. The van der Waals surface area contributed by atoms with Crippen molar-refractivity contribution in [3.05, 3.63) is 29.8 Å². The molecule has 1 heterocycles. The normalized spacial score (nSPS) is 16.7. The number of rotatable bonds is 5. The molecule has 5 nitrogen and oxygen atoms in total. The Bertz CT molecular complexity index is 488. The van der Waals surface area contributed by atoms with E-state index in [-0.39, 0.29) is 24.4 Å². The van der Waals surface area contributed by atoms with Gasteiger partial charge in [0.05, 0.1) is 11.6 Å². The van der Waals surface area contributed by atoms with Gasteiger partial charge in [0.15, 0.2) is 0 Å². The van der Waals surface area contributed by atoms with Gasteiger partial charge in [0.25, 0.3) is 0 Å². The van der Waals surface area contributed by atoms with Crippen LogP contribution in [-0.4, -0.2) is 30.8 Å². The smallest absolute Gasteiger partial charge is 0.240 e. The number of amides is 1. The minimum atomic E-state index is -0.813. The highest BCUT2D eigenvalue weighted by Crippen LogP contribution is 2.21. The second-order valence-electron chi connectivity index (χ2n) is 5.73. The van der Waals surface area contributed by atoms with Crippen LogP contribution in [0.1, 0.15) is 32.3 Å². The highest BCUT2D eigenvalue weighted by atomic mass is 35.5. The Kier molecular flexibility index (Phi) is 7.13. The first-order chi connectivity index (χ1) is 10.0. The maximum Gasteiger partial charge on any atom is 0.240 e. The standard InChI is InChI=1S/C16H24N2O3.ClH/c1-12(2)21-14-6-4-3-5-13(14)11-18-15(19)16(17)7-9-20-10-8-16;/h3-6,12H,7-11,17H2,1-2H3,(H,18,19);1H. The van der Waals surface area contributed by atoms with Crippen LogP contribution in [-0.2, 0) is 16.1 Å². The third-order valence-corrected chi connectivity index (χ3v) is 3.61. The van der Waals surface area contributed by atoms with E-state index in [0.717, 1.165) is 11.3 Å². The number of carbonyl (C=O) groups excluding carboxylic acids is 1. The Labute approximate surface area is 138 Å². The minimum absolute atomic E-state index is 0. The molecule has 22 heavy (non-hydrogen) atoms. The van der Waals surface area contributed by atoms with Gasteiger partial charge < -0.3 is 20.5 Å². The predicted octanol–water partition coefficient (Wildman–Crippen LogP) is 2.02. The maximum atomic E-state index is 12.3. The molecule has 0 spiro atoms. The lowest BCUT2D eigenvalue weighted by atomic mass is 9.90. The number of nitrogens with one attached hydrogen (secondary N) is 1. The fraction of sp³-hybridized carbons (Fsp3) is 0.562. The summed E-state index contributed by atoms with van der Waals surface area (Å²) in [4.78, 5) is 12.3. The van der Waals surface area contributed by atoms with Crippen LogP contribution in [0, 0.1) is 0 Å². The second kappa shape index (κ2) is 8.36. The third-order valence-electron chi connectivity index (χ3n) is 3.61. The Morgan fingerprint density at radius 3 is 2.64 bits per heavy atom. The lowest BCUT2D eigenvalue weighted by Crippen LogP contribution is -2.56. The van der Waals surface area contributed by atoms with Crippen molar-refractivity contribution in [3.8, 4) is 5.75 Å². The van der Waals surface area contributed by atoms with Crippen molar-refractivity contribution in [2.75, 3.05) is 13.2 Å². The molecule has 124 valence electrons. The highest BCUT2D eigenvalue weighted by Gasteiger charge is 2.35. The summed E-state index contributed by atoms with van der Waals surface area (Å²) in [6.45, 7) is 5.45. The van der Waals surface area contributed by atoms with Gasteiger partial charge in [0.1, 0.15) is 5.75 Å². The molecule has 1 fully saturated rings. The van der Waals surface area contributed by atoms with E-state index in [1.165, 1.54) is 0 Å². The van der Waals surface area contributed by atoms with E-state index in [1.54, 1.807) is 0 Å². The highest BCUT2D eigenvalue weighted by molar-refractivity contribution is 5.86. The second-order valence-corrected chi connectivity index (χ2v) is 5.73. The number of hydrogen-bond acceptors (Lipinski definition) is 4. The number of carbonyl (C=O) groups is 1. The molecular formula is C16H25ClN2O3. The molecule has 0 radical (unpaired) electrons. The van der Waals surface area contributed by atoms with Crippen LogP contribution in [0.5, 0.6) is 5.75 Å². The molecule has 3 N–H and O–H groups in total. The van der Waals surface area contributed by atoms with Gasteiger partial charge in [-0.05, 0) is 32.8 Å². The summed E-state index contributed by atoms with van der Waals surface area (Å²) in [5.74, 6) is 0.677. The number of ether oxygens (including phenoxy) is 2. The van der Waals surface area contributed by atoms with Crippen molar-refractivity contribution < 1.29 is 14.3 Å². The Balaban J connectivity index is 0.00000242. The predicted molar refractivity (Wildman–Crippen MR) is 88.3 cm³/mol. The molecular weight excluding hydrogens is 304 g/mol. The average molecular weight is 329 g/mol. The van der Waals surface area contributed by atoms with Gasteiger partial charge in [-0.3, -0.25) is 4.79 Å². The molecule has 1 amide bonds. The van der Waals surface area contributed by atoms with Crippen LogP contribution < -0.4 is 15.8 Å². The molecule has 1 aliphatic heterocycles. The summed E-state index contributed by atoms with van der Waals surface area (Å²) < 4.78 is 11.0. The van der Waals surface area contributed by atoms with Gasteiger partial charge in [-0.1, -0.05) is 18.2 Å². The van der Waals surface area contributed by atoms with Crippen molar-refractivity contribution >= 4 is 18.3 Å². The number of halogens is 1. The molecule has 1 saturated heterocycles. The van der Waals surface area contributed by atoms with E-state index in [2.05, 4.69) is 5.32 Å². The summed E-state index contributed by atoms with van der Waals surface area (Å²) >= 11 is 0. The van der Waals surface area contributed by atoms with Crippen LogP contribution in [0.2, 0.25) is 0 Å². The topological polar surface area (TPSA) is 73.6 Å². The van der Waals surface area contributed by atoms with E-state index in [1.807, 2.05) is 38.1 Å². The molecule has 1 aromatic carbocycles. The first-order valence-electron chi connectivity index (χ1n) is 7.41. The molecule has 0 atom stereocenters. The monoisotopic (exact) mass is 328 g/mol. The summed E-state index contributed by atoms with van der Waals surface area (Å²) in [6.07, 6.45) is 1.21. The molecule has 0 aromatic heterocycles.